The molecule has 1 saturated heterocycles. The Morgan fingerprint density at radius 2 is 2.06 bits per heavy atom. The van der Waals surface area contributed by atoms with Crippen molar-refractivity contribution in [3.63, 3.8) is 0 Å². The van der Waals surface area contributed by atoms with Crippen LogP contribution in [-0.2, 0) is 16.0 Å². The zero-order valence-corrected chi connectivity index (χ0v) is 20.0. The Hall–Kier alpha value is -2.73. The molecule has 0 saturated carbocycles. The zero-order chi connectivity index (χ0) is 23.1. The molecule has 3 rings (SSSR count). The summed E-state index contributed by atoms with van der Waals surface area (Å²) in [5.74, 6) is -0.230. The largest absolute Gasteiger partial charge is 0.340 e. The first-order valence-corrected chi connectivity index (χ1v) is 12.1. The van der Waals surface area contributed by atoms with E-state index < -0.39 is 6.04 Å². The normalized spacial score (nSPS) is 17.4. The number of carbonyl (C=O) groups excluding carboxylic acids is 2. The predicted molar refractivity (Wildman–Crippen MR) is 130 cm³/mol. The Bertz CT molecular complexity index is 951. The number of hydrogen-bond donors (Lipinski definition) is 1. The van der Waals surface area contributed by atoms with Crippen molar-refractivity contribution in [2.75, 3.05) is 6.54 Å². The molecule has 32 heavy (non-hydrogen) atoms. The summed E-state index contributed by atoms with van der Waals surface area (Å²) in [6, 6.07) is 9.63. The molecule has 0 bridgehead atoms. The second-order valence-corrected chi connectivity index (χ2v) is 9.68. The summed E-state index contributed by atoms with van der Waals surface area (Å²) in [6.45, 7) is 10.6. The molecule has 0 aliphatic carbocycles. The van der Waals surface area contributed by atoms with Crippen molar-refractivity contribution in [2.24, 2.45) is 5.92 Å². The summed E-state index contributed by atoms with van der Waals surface area (Å²) in [4.78, 5) is 32.6. The summed E-state index contributed by atoms with van der Waals surface area (Å²) >= 11 is 1.58. The summed E-state index contributed by atoms with van der Waals surface area (Å²) in [6.07, 6.45) is 6.97. The molecule has 1 fully saturated rings. The topological polar surface area (TPSA) is 62.3 Å². The number of carbonyl (C=O) groups is 2. The molecule has 1 aliphatic heterocycles. The van der Waals surface area contributed by atoms with E-state index in [1.165, 1.54) is 5.56 Å². The highest BCUT2D eigenvalue weighted by Gasteiger charge is 2.37. The Morgan fingerprint density at radius 1 is 1.31 bits per heavy atom. The number of allylic oxidation sites excluding steroid dienone is 2. The van der Waals surface area contributed by atoms with Gasteiger partial charge in [0.2, 0.25) is 11.8 Å². The van der Waals surface area contributed by atoms with E-state index in [2.05, 4.69) is 29.0 Å². The summed E-state index contributed by atoms with van der Waals surface area (Å²) < 4.78 is 0. The van der Waals surface area contributed by atoms with E-state index in [1.54, 1.807) is 24.5 Å². The lowest BCUT2D eigenvalue weighted by Gasteiger charge is -2.30. The van der Waals surface area contributed by atoms with Crippen LogP contribution in [0.25, 0.3) is 0 Å². The van der Waals surface area contributed by atoms with E-state index in [-0.39, 0.29) is 23.8 Å². The van der Waals surface area contributed by atoms with Gasteiger partial charge in [-0.25, -0.2) is 4.98 Å². The molecule has 2 aromatic rings. The lowest BCUT2D eigenvalue weighted by Crippen LogP contribution is -2.51. The maximum atomic E-state index is 13.4. The molecule has 1 aromatic carbocycles. The smallest absolute Gasteiger partial charge is 0.247 e. The first kappa shape index (κ1) is 23.9. The van der Waals surface area contributed by atoms with Crippen molar-refractivity contribution in [3.8, 4) is 0 Å². The van der Waals surface area contributed by atoms with Gasteiger partial charge in [0.1, 0.15) is 11.0 Å². The van der Waals surface area contributed by atoms with E-state index in [1.807, 2.05) is 48.4 Å². The maximum absolute atomic E-state index is 13.4. The number of rotatable bonds is 9. The maximum Gasteiger partial charge on any atom is 0.247 e. The van der Waals surface area contributed by atoms with Crippen LogP contribution < -0.4 is 5.32 Å². The highest BCUT2D eigenvalue weighted by molar-refractivity contribution is 7.09. The van der Waals surface area contributed by atoms with Crippen molar-refractivity contribution in [1.29, 1.82) is 0 Å². The fourth-order valence-corrected chi connectivity index (χ4v) is 4.77. The number of nitrogens with zero attached hydrogens (tertiary/aromatic N) is 2. The van der Waals surface area contributed by atoms with Crippen LogP contribution in [0.2, 0.25) is 0 Å². The first-order chi connectivity index (χ1) is 15.4. The Kier molecular flexibility index (Phi) is 8.39. The van der Waals surface area contributed by atoms with Crippen molar-refractivity contribution in [1.82, 2.24) is 15.2 Å². The van der Waals surface area contributed by atoms with Crippen LogP contribution >= 0.6 is 11.3 Å². The van der Waals surface area contributed by atoms with Crippen molar-refractivity contribution < 1.29 is 9.59 Å². The van der Waals surface area contributed by atoms with Gasteiger partial charge in [-0.2, -0.15) is 0 Å². The average Bonchev–Trinajstić information content (AvgIpc) is 3.47. The van der Waals surface area contributed by atoms with E-state index in [9.17, 15) is 9.59 Å². The number of benzene rings is 1. The fourth-order valence-electron chi connectivity index (χ4n) is 3.98. The zero-order valence-electron chi connectivity index (χ0n) is 19.2. The quantitative estimate of drug-likeness (QED) is 0.427. The van der Waals surface area contributed by atoms with Gasteiger partial charge in [-0.3, -0.25) is 9.59 Å². The van der Waals surface area contributed by atoms with E-state index in [0.717, 1.165) is 29.8 Å². The molecular formula is C26H33N3O2S. The van der Waals surface area contributed by atoms with Crippen LogP contribution in [0.5, 0.6) is 0 Å². The highest BCUT2D eigenvalue weighted by Crippen LogP contribution is 2.33. The minimum Gasteiger partial charge on any atom is -0.340 e. The van der Waals surface area contributed by atoms with Crippen LogP contribution in [0.15, 0.2) is 65.7 Å². The molecule has 1 aromatic heterocycles. The lowest BCUT2D eigenvalue weighted by molar-refractivity contribution is -0.137. The van der Waals surface area contributed by atoms with Crippen LogP contribution in [0.4, 0.5) is 0 Å². The number of hydrogen-bond acceptors (Lipinski definition) is 4. The van der Waals surface area contributed by atoms with E-state index in [0.29, 0.717) is 18.5 Å². The molecule has 5 nitrogen and oxygen atoms in total. The third kappa shape index (κ3) is 6.16. The molecular weight excluding hydrogens is 418 g/mol. The SMILES string of the molecule is C=C(C/C=C(\C)C(=O)N[C@H](C(=O)N1CCCC1c1nccs1)C(C)C)Cc1ccccc1. The number of aromatic nitrogens is 1. The Balaban J connectivity index is 1.60. The van der Waals surface area contributed by atoms with Gasteiger partial charge < -0.3 is 10.2 Å². The van der Waals surface area contributed by atoms with E-state index >= 15 is 0 Å². The third-order valence-corrected chi connectivity index (χ3v) is 6.72. The van der Waals surface area contributed by atoms with Gasteiger partial charge in [0.25, 0.3) is 0 Å². The molecule has 6 heteroatoms. The predicted octanol–water partition coefficient (Wildman–Crippen LogP) is 5.08. The number of nitrogens with one attached hydrogen (secondary N) is 1. The summed E-state index contributed by atoms with van der Waals surface area (Å²) in [5.41, 5.74) is 2.86. The van der Waals surface area contributed by atoms with Crippen LogP contribution in [0.3, 0.4) is 0 Å². The molecule has 1 unspecified atom stereocenters. The first-order valence-electron chi connectivity index (χ1n) is 11.2. The highest BCUT2D eigenvalue weighted by atomic mass is 32.1. The Morgan fingerprint density at radius 3 is 2.72 bits per heavy atom. The van der Waals surface area contributed by atoms with Gasteiger partial charge in [0.05, 0.1) is 6.04 Å². The molecule has 2 amide bonds. The van der Waals surface area contributed by atoms with Crippen molar-refractivity contribution in [2.45, 2.75) is 58.5 Å². The molecule has 170 valence electrons. The van der Waals surface area contributed by atoms with Crippen molar-refractivity contribution >= 4 is 23.2 Å². The van der Waals surface area contributed by atoms with Gasteiger partial charge in [-0.15, -0.1) is 11.3 Å². The molecule has 1 aliphatic rings. The second kappa shape index (κ2) is 11.2. The molecule has 2 heterocycles. The molecule has 1 N–H and O–H groups in total. The molecule has 0 radical (unpaired) electrons. The monoisotopic (exact) mass is 451 g/mol. The van der Waals surface area contributed by atoms with Gasteiger partial charge in [-0.1, -0.05) is 62.4 Å². The number of amides is 2. The van der Waals surface area contributed by atoms with E-state index in [4.69, 9.17) is 0 Å². The summed E-state index contributed by atoms with van der Waals surface area (Å²) in [5, 5.41) is 5.90. The van der Waals surface area contributed by atoms with Crippen LogP contribution in [-0.4, -0.2) is 34.3 Å². The number of likely N-dealkylation sites (tertiary alicyclic amines) is 1. The second-order valence-electron chi connectivity index (χ2n) is 8.76. The van der Waals surface area contributed by atoms with Crippen LogP contribution in [0, 0.1) is 5.92 Å². The van der Waals surface area contributed by atoms with Gasteiger partial charge >= 0.3 is 0 Å². The van der Waals surface area contributed by atoms with Crippen molar-refractivity contribution in [3.05, 3.63) is 76.3 Å². The molecule has 2 atom stereocenters. The summed E-state index contributed by atoms with van der Waals surface area (Å²) in [7, 11) is 0. The average molecular weight is 452 g/mol. The van der Waals surface area contributed by atoms with Gasteiger partial charge in [0.15, 0.2) is 0 Å². The van der Waals surface area contributed by atoms with Crippen LogP contribution in [0.1, 0.15) is 56.6 Å². The third-order valence-electron chi connectivity index (χ3n) is 5.84. The Labute approximate surface area is 195 Å². The van der Waals surface area contributed by atoms with Gasteiger partial charge in [0, 0.05) is 23.7 Å². The van der Waals surface area contributed by atoms with Gasteiger partial charge in [-0.05, 0) is 44.1 Å². The lowest BCUT2D eigenvalue weighted by atomic mass is 10.0. The molecule has 0 spiro atoms. The standard InChI is InChI=1S/C26H33N3O2S/c1-18(2)23(26(31)29-15-8-11-22(29)25-27-14-16-32-25)28-24(30)20(4)13-12-19(3)17-21-9-6-5-7-10-21/h5-7,9-10,13-14,16,18,22-23H,3,8,11-12,15,17H2,1-2,4H3,(H,28,30)/b20-13+/t22?,23-/m0/s1. The minimum absolute atomic E-state index is 0.00941. The number of thiazole rings is 1. The fraction of sp³-hybridized carbons (Fsp3) is 0.423. The minimum atomic E-state index is -0.557.